The van der Waals surface area contributed by atoms with Crippen LogP contribution < -0.4 is 5.32 Å². The largest absolute Gasteiger partial charge is 0.321 e. The van der Waals surface area contributed by atoms with E-state index in [0.29, 0.717) is 10.7 Å². The molecule has 0 spiro atoms. The van der Waals surface area contributed by atoms with Gasteiger partial charge in [-0.05, 0) is 59.0 Å². The maximum atomic E-state index is 12.3. The van der Waals surface area contributed by atoms with Gasteiger partial charge in [0.15, 0.2) is 0 Å². The standard InChI is InChI=1S/C18H10ClIN2O/c19-17-11(7-10-3-1-2-4-15(10)21-17)8-14-13-9-12(20)5-6-16(13)22-18(14)23/h1-9H,(H,22,23). The van der Waals surface area contributed by atoms with Crippen LogP contribution in [0.2, 0.25) is 5.15 Å². The van der Waals surface area contributed by atoms with Crippen molar-refractivity contribution in [2.45, 2.75) is 0 Å². The van der Waals surface area contributed by atoms with E-state index < -0.39 is 0 Å². The zero-order valence-corrected chi connectivity index (χ0v) is 14.7. The second-order valence-corrected chi connectivity index (χ2v) is 6.87. The first-order valence-electron chi connectivity index (χ1n) is 7.00. The SMILES string of the molecule is O=C1Nc2ccc(I)cc2C1=Cc1cc2ccccc2nc1Cl. The number of hydrogen-bond acceptors (Lipinski definition) is 2. The topological polar surface area (TPSA) is 42.0 Å². The van der Waals surface area contributed by atoms with Crippen molar-refractivity contribution in [2.24, 2.45) is 0 Å². The molecule has 4 rings (SSSR count). The maximum Gasteiger partial charge on any atom is 0.256 e. The van der Waals surface area contributed by atoms with Crippen molar-refractivity contribution < 1.29 is 4.79 Å². The highest BCUT2D eigenvalue weighted by Crippen LogP contribution is 2.35. The first-order valence-corrected chi connectivity index (χ1v) is 8.46. The fourth-order valence-corrected chi connectivity index (χ4v) is 3.36. The summed E-state index contributed by atoms with van der Waals surface area (Å²) in [4.78, 5) is 16.7. The molecule has 1 aliphatic rings. The average Bonchev–Trinajstić information content (AvgIpc) is 2.83. The van der Waals surface area contributed by atoms with Gasteiger partial charge in [0.2, 0.25) is 0 Å². The fourth-order valence-electron chi connectivity index (χ4n) is 2.67. The molecule has 3 nitrogen and oxygen atoms in total. The van der Waals surface area contributed by atoms with Crippen LogP contribution in [0, 0.1) is 3.57 Å². The van der Waals surface area contributed by atoms with Crippen LogP contribution in [0.5, 0.6) is 0 Å². The average molecular weight is 433 g/mol. The Bertz CT molecular complexity index is 997. The number of aromatic nitrogens is 1. The molecular formula is C18H10ClIN2O. The molecule has 0 unspecified atom stereocenters. The van der Waals surface area contributed by atoms with Crippen molar-refractivity contribution in [3.63, 3.8) is 0 Å². The predicted octanol–water partition coefficient (Wildman–Crippen LogP) is 4.99. The number of carbonyl (C=O) groups excluding carboxylic acids is 1. The van der Waals surface area contributed by atoms with E-state index >= 15 is 0 Å². The Balaban J connectivity index is 1.90. The molecule has 23 heavy (non-hydrogen) atoms. The van der Waals surface area contributed by atoms with Gasteiger partial charge in [-0.3, -0.25) is 4.79 Å². The molecule has 2 heterocycles. The number of pyridine rings is 1. The highest BCUT2D eigenvalue weighted by Gasteiger charge is 2.24. The number of hydrogen-bond donors (Lipinski definition) is 1. The van der Waals surface area contributed by atoms with E-state index in [0.717, 1.165) is 31.3 Å². The molecule has 0 saturated heterocycles. The van der Waals surface area contributed by atoms with E-state index in [1.54, 1.807) is 6.08 Å². The van der Waals surface area contributed by atoms with Crippen molar-refractivity contribution in [3.05, 3.63) is 68.4 Å². The van der Waals surface area contributed by atoms with Crippen LogP contribution in [0.3, 0.4) is 0 Å². The van der Waals surface area contributed by atoms with Gasteiger partial charge in [-0.15, -0.1) is 0 Å². The van der Waals surface area contributed by atoms with Gasteiger partial charge >= 0.3 is 0 Å². The summed E-state index contributed by atoms with van der Waals surface area (Å²) in [5.74, 6) is -0.119. The number of para-hydroxylation sites is 1. The van der Waals surface area contributed by atoms with E-state index in [1.807, 2.05) is 48.5 Å². The Labute approximate surface area is 151 Å². The van der Waals surface area contributed by atoms with Crippen molar-refractivity contribution in [3.8, 4) is 0 Å². The molecule has 1 N–H and O–H groups in total. The van der Waals surface area contributed by atoms with Crippen molar-refractivity contribution in [1.82, 2.24) is 4.98 Å². The lowest BCUT2D eigenvalue weighted by Crippen LogP contribution is -2.03. The molecule has 2 aromatic carbocycles. The van der Waals surface area contributed by atoms with Crippen molar-refractivity contribution in [2.75, 3.05) is 5.32 Å². The number of carbonyl (C=O) groups is 1. The number of nitrogens with one attached hydrogen (secondary N) is 1. The Morgan fingerprint density at radius 3 is 2.83 bits per heavy atom. The molecule has 1 aliphatic heterocycles. The molecular weight excluding hydrogens is 423 g/mol. The number of anilines is 1. The van der Waals surface area contributed by atoms with Crippen LogP contribution in [-0.4, -0.2) is 10.9 Å². The summed E-state index contributed by atoms with van der Waals surface area (Å²) in [6.07, 6.45) is 1.80. The molecule has 0 bridgehead atoms. The van der Waals surface area contributed by atoms with Crippen LogP contribution in [0.1, 0.15) is 11.1 Å². The van der Waals surface area contributed by atoms with E-state index in [-0.39, 0.29) is 5.91 Å². The van der Waals surface area contributed by atoms with Crippen LogP contribution >= 0.6 is 34.2 Å². The van der Waals surface area contributed by atoms with Gasteiger partial charge in [-0.1, -0.05) is 29.8 Å². The lowest BCUT2D eigenvalue weighted by atomic mass is 10.0. The van der Waals surface area contributed by atoms with Gasteiger partial charge in [0.25, 0.3) is 5.91 Å². The molecule has 0 atom stereocenters. The van der Waals surface area contributed by atoms with Crippen molar-refractivity contribution >= 4 is 68.3 Å². The lowest BCUT2D eigenvalue weighted by Gasteiger charge is -2.04. The fraction of sp³-hybridized carbons (Fsp3) is 0. The number of amides is 1. The summed E-state index contributed by atoms with van der Waals surface area (Å²) in [5, 5.41) is 4.26. The first kappa shape index (κ1) is 14.7. The minimum absolute atomic E-state index is 0.119. The first-order chi connectivity index (χ1) is 11.1. The van der Waals surface area contributed by atoms with E-state index in [1.165, 1.54) is 0 Å². The third-order valence-electron chi connectivity index (χ3n) is 3.77. The molecule has 5 heteroatoms. The van der Waals surface area contributed by atoms with Crippen molar-refractivity contribution in [1.29, 1.82) is 0 Å². The summed E-state index contributed by atoms with van der Waals surface area (Å²) < 4.78 is 1.08. The highest BCUT2D eigenvalue weighted by molar-refractivity contribution is 14.1. The Morgan fingerprint density at radius 1 is 1.13 bits per heavy atom. The Hall–Kier alpha value is -1.92. The zero-order valence-electron chi connectivity index (χ0n) is 11.8. The summed E-state index contributed by atoms with van der Waals surface area (Å²) in [7, 11) is 0. The molecule has 3 aromatic rings. The second kappa shape index (κ2) is 5.62. The summed E-state index contributed by atoms with van der Waals surface area (Å²) in [6.45, 7) is 0. The van der Waals surface area contributed by atoms with E-state index in [9.17, 15) is 4.79 Å². The van der Waals surface area contributed by atoms with E-state index in [2.05, 4.69) is 32.9 Å². The Morgan fingerprint density at radius 2 is 1.96 bits per heavy atom. The van der Waals surface area contributed by atoms with Gasteiger partial charge in [-0.25, -0.2) is 4.98 Å². The highest BCUT2D eigenvalue weighted by atomic mass is 127. The smallest absolute Gasteiger partial charge is 0.256 e. The predicted molar refractivity (Wildman–Crippen MR) is 102 cm³/mol. The number of fused-ring (bicyclic) bond motifs is 2. The molecule has 1 amide bonds. The molecule has 0 aliphatic carbocycles. The lowest BCUT2D eigenvalue weighted by molar-refractivity contribution is -0.110. The molecule has 112 valence electrons. The molecule has 0 radical (unpaired) electrons. The minimum Gasteiger partial charge on any atom is -0.321 e. The zero-order chi connectivity index (χ0) is 16.0. The van der Waals surface area contributed by atoms with Crippen LogP contribution in [0.4, 0.5) is 5.69 Å². The third kappa shape index (κ3) is 2.62. The Kier molecular flexibility index (Phi) is 3.58. The van der Waals surface area contributed by atoms with Crippen LogP contribution in [0.15, 0.2) is 48.5 Å². The van der Waals surface area contributed by atoms with Crippen LogP contribution in [0.25, 0.3) is 22.6 Å². The molecule has 1 aromatic heterocycles. The van der Waals surface area contributed by atoms with E-state index in [4.69, 9.17) is 11.6 Å². The summed E-state index contributed by atoms with van der Waals surface area (Å²) in [6, 6.07) is 15.6. The third-order valence-corrected chi connectivity index (χ3v) is 4.74. The summed E-state index contributed by atoms with van der Waals surface area (Å²) in [5.41, 5.74) is 3.91. The molecule has 0 fully saturated rings. The number of nitrogens with zero attached hydrogens (tertiary/aromatic N) is 1. The maximum absolute atomic E-state index is 12.3. The van der Waals surface area contributed by atoms with Crippen LogP contribution in [-0.2, 0) is 4.79 Å². The normalized spacial score (nSPS) is 15.0. The number of benzene rings is 2. The van der Waals surface area contributed by atoms with Gasteiger partial charge in [0, 0.05) is 31.3 Å². The quantitative estimate of drug-likeness (QED) is 0.335. The van der Waals surface area contributed by atoms with Gasteiger partial charge in [0.1, 0.15) is 5.15 Å². The summed E-state index contributed by atoms with van der Waals surface area (Å²) >= 11 is 8.53. The number of rotatable bonds is 1. The second-order valence-electron chi connectivity index (χ2n) is 5.26. The molecule has 0 saturated carbocycles. The van der Waals surface area contributed by atoms with Gasteiger partial charge in [0.05, 0.1) is 5.52 Å². The number of halogens is 2. The monoisotopic (exact) mass is 432 g/mol. The minimum atomic E-state index is -0.119. The van der Waals surface area contributed by atoms with Gasteiger partial charge in [-0.2, -0.15) is 0 Å². The van der Waals surface area contributed by atoms with Gasteiger partial charge < -0.3 is 5.32 Å².